The molecule has 1 atom stereocenters. The number of amides is 1. The van der Waals surface area contributed by atoms with E-state index in [0.717, 1.165) is 24.2 Å². The van der Waals surface area contributed by atoms with Crippen LogP contribution in [-0.4, -0.2) is 22.2 Å². The molecule has 2 N–H and O–H groups in total. The number of halogens is 1. The van der Waals surface area contributed by atoms with Crippen molar-refractivity contribution < 1.29 is 4.79 Å². The van der Waals surface area contributed by atoms with Crippen molar-refractivity contribution in [2.75, 3.05) is 11.9 Å². The van der Waals surface area contributed by atoms with Crippen molar-refractivity contribution >= 4 is 23.3 Å². The fraction of sp³-hybridized carbons (Fsp3) is 0.444. The summed E-state index contributed by atoms with van der Waals surface area (Å²) in [6.07, 6.45) is 6.48. The van der Waals surface area contributed by atoms with Crippen molar-refractivity contribution in [3.8, 4) is 0 Å². The molecule has 0 saturated heterocycles. The van der Waals surface area contributed by atoms with Crippen molar-refractivity contribution in [2.24, 2.45) is 0 Å². The van der Waals surface area contributed by atoms with E-state index >= 15 is 0 Å². The number of nitrogens with one attached hydrogen (secondary N) is 2. The maximum atomic E-state index is 12.2. The van der Waals surface area contributed by atoms with Gasteiger partial charge in [-0.3, -0.25) is 4.79 Å². The largest absolute Gasteiger partial charge is 0.310 e. The Morgan fingerprint density at radius 3 is 2.92 bits per heavy atom. The molecule has 128 valence electrons. The lowest BCUT2D eigenvalue weighted by Crippen LogP contribution is -2.31. The van der Waals surface area contributed by atoms with Gasteiger partial charge in [-0.2, -0.15) is 5.10 Å². The van der Waals surface area contributed by atoms with Crippen molar-refractivity contribution in [3.63, 3.8) is 0 Å². The summed E-state index contributed by atoms with van der Waals surface area (Å²) in [6, 6.07) is 9.98. The molecule has 1 aromatic carbocycles. The zero-order valence-corrected chi connectivity index (χ0v) is 14.6. The number of aromatic nitrogens is 2. The Labute approximate surface area is 147 Å². The van der Waals surface area contributed by atoms with Crippen LogP contribution in [0.5, 0.6) is 0 Å². The van der Waals surface area contributed by atoms with Gasteiger partial charge in [-0.1, -0.05) is 36.6 Å². The van der Waals surface area contributed by atoms with Gasteiger partial charge >= 0.3 is 0 Å². The third-order valence-corrected chi connectivity index (χ3v) is 4.76. The molecule has 0 radical (unpaired) electrons. The summed E-state index contributed by atoms with van der Waals surface area (Å²) in [7, 11) is 0. The van der Waals surface area contributed by atoms with Crippen LogP contribution in [0.15, 0.2) is 36.5 Å². The van der Waals surface area contributed by atoms with Gasteiger partial charge in [0.15, 0.2) is 0 Å². The Balaban J connectivity index is 1.54. The number of carbonyl (C=O) groups is 1. The van der Waals surface area contributed by atoms with Crippen molar-refractivity contribution in [1.29, 1.82) is 0 Å². The van der Waals surface area contributed by atoms with E-state index in [1.54, 1.807) is 6.20 Å². The Hall–Kier alpha value is -1.85. The molecule has 24 heavy (non-hydrogen) atoms. The smallest absolute Gasteiger partial charge is 0.239 e. The highest BCUT2D eigenvalue weighted by Crippen LogP contribution is 2.31. The van der Waals surface area contributed by atoms with Crippen molar-refractivity contribution in [3.05, 3.63) is 47.1 Å². The minimum atomic E-state index is -0.0661. The minimum Gasteiger partial charge on any atom is -0.310 e. The average molecular weight is 347 g/mol. The summed E-state index contributed by atoms with van der Waals surface area (Å²) in [5.41, 5.74) is 1.06. The molecule has 1 heterocycles. The Morgan fingerprint density at radius 2 is 2.17 bits per heavy atom. The number of benzene rings is 1. The lowest BCUT2D eigenvalue weighted by Gasteiger charge is -2.16. The third-order valence-electron chi connectivity index (χ3n) is 4.53. The SMILES string of the molecule is C[C@@H](NCC(=O)Nc1ccnn1C1CCCC1)c1cccc(Cl)c1. The van der Waals surface area contributed by atoms with E-state index in [0.29, 0.717) is 11.1 Å². The first kappa shape index (κ1) is 17.0. The molecule has 6 heteroatoms. The predicted octanol–water partition coefficient (Wildman–Crippen LogP) is 3.94. The van der Waals surface area contributed by atoms with Crippen LogP contribution in [0.1, 0.15) is 50.3 Å². The van der Waals surface area contributed by atoms with Crippen LogP contribution in [0.4, 0.5) is 5.82 Å². The van der Waals surface area contributed by atoms with Crippen LogP contribution >= 0.6 is 11.6 Å². The van der Waals surface area contributed by atoms with Gasteiger partial charge in [0.2, 0.25) is 5.91 Å². The van der Waals surface area contributed by atoms with Gasteiger partial charge in [-0.15, -0.1) is 0 Å². The lowest BCUT2D eigenvalue weighted by atomic mass is 10.1. The summed E-state index contributed by atoms with van der Waals surface area (Å²) in [4.78, 5) is 12.2. The van der Waals surface area contributed by atoms with Crippen LogP contribution in [0.2, 0.25) is 5.02 Å². The van der Waals surface area contributed by atoms with E-state index in [1.807, 2.05) is 41.9 Å². The number of anilines is 1. The summed E-state index contributed by atoms with van der Waals surface area (Å²) in [6.45, 7) is 2.26. The fourth-order valence-electron chi connectivity index (χ4n) is 3.18. The topological polar surface area (TPSA) is 59.0 Å². The second-order valence-corrected chi connectivity index (χ2v) is 6.74. The first-order valence-corrected chi connectivity index (χ1v) is 8.83. The second kappa shape index (κ2) is 7.81. The number of carbonyl (C=O) groups excluding carboxylic acids is 1. The molecular formula is C18H23ClN4O. The molecule has 1 aromatic heterocycles. The maximum absolute atomic E-state index is 12.2. The van der Waals surface area contributed by atoms with Gasteiger partial charge in [0, 0.05) is 17.1 Å². The minimum absolute atomic E-state index is 0.0502. The summed E-state index contributed by atoms with van der Waals surface area (Å²) in [5.74, 6) is 0.715. The molecule has 1 aliphatic rings. The summed E-state index contributed by atoms with van der Waals surface area (Å²) < 4.78 is 1.95. The van der Waals surface area contributed by atoms with Crippen LogP contribution < -0.4 is 10.6 Å². The van der Waals surface area contributed by atoms with Crippen LogP contribution in [0.3, 0.4) is 0 Å². The highest BCUT2D eigenvalue weighted by molar-refractivity contribution is 6.30. The Morgan fingerprint density at radius 1 is 1.38 bits per heavy atom. The zero-order chi connectivity index (χ0) is 16.9. The first-order chi connectivity index (χ1) is 11.6. The molecule has 0 unspecified atom stereocenters. The lowest BCUT2D eigenvalue weighted by molar-refractivity contribution is -0.115. The monoisotopic (exact) mass is 346 g/mol. The van der Waals surface area contributed by atoms with Crippen LogP contribution in [0.25, 0.3) is 0 Å². The molecule has 0 spiro atoms. The van der Waals surface area contributed by atoms with E-state index < -0.39 is 0 Å². The predicted molar refractivity (Wildman–Crippen MR) is 96.2 cm³/mol. The first-order valence-electron chi connectivity index (χ1n) is 8.45. The molecule has 3 rings (SSSR count). The highest BCUT2D eigenvalue weighted by atomic mass is 35.5. The highest BCUT2D eigenvalue weighted by Gasteiger charge is 2.20. The number of nitrogens with zero attached hydrogens (tertiary/aromatic N) is 2. The maximum Gasteiger partial charge on any atom is 0.239 e. The number of rotatable bonds is 6. The fourth-order valence-corrected chi connectivity index (χ4v) is 3.38. The quantitative estimate of drug-likeness (QED) is 0.832. The van der Waals surface area contributed by atoms with Gasteiger partial charge in [0.05, 0.1) is 18.8 Å². The van der Waals surface area contributed by atoms with Gasteiger partial charge < -0.3 is 10.6 Å². The molecule has 0 bridgehead atoms. The number of hydrogen-bond donors (Lipinski definition) is 2. The molecule has 0 aliphatic heterocycles. The van der Waals surface area contributed by atoms with Gasteiger partial charge in [0.25, 0.3) is 0 Å². The molecule has 5 nitrogen and oxygen atoms in total. The van der Waals surface area contributed by atoms with E-state index in [4.69, 9.17) is 11.6 Å². The Kier molecular flexibility index (Phi) is 5.53. The van der Waals surface area contributed by atoms with E-state index in [-0.39, 0.29) is 18.5 Å². The molecule has 1 fully saturated rings. The van der Waals surface area contributed by atoms with Crippen molar-refractivity contribution in [1.82, 2.24) is 15.1 Å². The molecular weight excluding hydrogens is 324 g/mol. The van der Waals surface area contributed by atoms with E-state index in [1.165, 1.54) is 12.8 Å². The second-order valence-electron chi connectivity index (χ2n) is 6.31. The van der Waals surface area contributed by atoms with Crippen molar-refractivity contribution in [2.45, 2.75) is 44.7 Å². The van der Waals surface area contributed by atoms with Crippen LogP contribution in [0, 0.1) is 0 Å². The van der Waals surface area contributed by atoms with Gasteiger partial charge in [-0.05, 0) is 37.5 Å². The molecule has 2 aromatic rings. The normalized spacial score (nSPS) is 16.2. The van der Waals surface area contributed by atoms with Gasteiger partial charge in [-0.25, -0.2) is 4.68 Å². The third kappa shape index (κ3) is 4.16. The summed E-state index contributed by atoms with van der Waals surface area (Å²) in [5, 5.41) is 11.3. The van der Waals surface area contributed by atoms with E-state index in [2.05, 4.69) is 15.7 Å². The van der Waals surface area contributed by atoms with Crippen LogP contribution in [-0.2, 0) is 4.79 Å². The zero-order valence-electron chi connectivity index (χ0n) is 13.8. The summed E-state index contributed by atoms with van der Waals surface area (Å²) >= 11 is 6.01. The standard InChI is InChI=1S/C18H23ClN4O/c1-13(14-5-4-6-15(19)11-14)20-12-18(24)22-17-9-10-21-23(17)16-7-2-3-8-16/h4-6,9-11,13,16,20H,2-3,7-8,12H2,1H3,(H,22,24)/t13-/m1/s1. The molecule has 1 saturated carbocycles. The average Bonchev–Trinajstić information content (AvgIpc) is 3.23. The Bertz CT molecular complexity index is 694. The van der Waals surface area contributed by atoms with Gasteiger partial charge in [0.1, 0.15) is 5.82 Å². The number of hydrogen-bond acceptors (Lipinski definition) is 3. The molecule has 1 amide bonds. The van der Waals surface area contributed by atoms with E-state index in [9.17, 15) is 4.79 Å². The molecule has 1 aliphatic carbocycles.